The molecular formula is C26H25N3O2. The molecule has 5 nitrogen and oxygen atoms in total. The second-order valence-electron chi connectivity index (χ2n) is 7.63. The molecule has 0 radical (unpaired) electrons. The van der Waals surface area contributed by atoms with Crippen LogP contribution in [0.4, 0.5) is 0 Å². The summed E-state index contributed by atoms with van der Waals surface area (Å²) in [5, 5.41) is 0. The number of hydrogen-bond donors (Lipinski definition) is 2. The molecule has 2 heterocycles. The third-order valence-electron chi connectivity index (χ3n) is 5.78. The van der Waals surface area contributed by atoms with E-state index in [1.165, 1.54) is 11.3 Å². The predicted molar refractivity (Wildman–Crippen MR) is 124 cm³/mol. The summed E-state index contributed by atoms with van der Waals surface area (Å²) < 4.78 is 11.0. The molecule has 31 heavy (non-hydrogen) atoms. The van der Waals surface area contributed by atoms with Gasteiger partial charge in [0.1, 0.15) is 5.82 Å². The van der Waals surface area contributed by atoms with E-state index in [2.05, 4.69) is 40.4 Å². The lowest BCUT2D eigenvalue weighted by Crippen LogP contribution is -1.91. The van der Waals surface area contributed by atoms with Crippen LogP contribution in [0.3, 0.4) is 0 Å². The average molecular weight is 412 g/mol. The van der Waals surface area contributed by atoms with Gasteiger partial charge in [-0.05, 0) is 49.1 Å². The first-order chi connectivity index (χ1) is 15.3. The first kappa shape index (κ1) is 19.2. The molecule has 5 rings (SSSR count). The molecule has 0 saturated heterocycles. The molecule has 2 aromatic heterocycles. The van der Waals surface area contributed by atoms with E-state index in [-0.39, 0.29) is 0 Å². The van der Waals surface area contributed by atoms with E-state index in [1.54, 1.807) is 14.2 Å². The molecule has 156 valence electrons. The highest BCUT2D eigenvalue weighted by Crippen LogP contribution is 2.38. The highest BCUT2D eigenvalue weighted by atomic mass is 16.5. The van der Waals surface area contributed by atoms with Gasteiger partial charge >= 0.3 is 0 Å². The largest absolute Gasteiger partial charge is 0.493 e. The summed E-state index contributed by atoms with van der Waals surface area (Å²) >= 11 is 0. The molecule has 4 aromatic rings. The minimum atomic E-state index is 0.691. The minimum absolute atomic E-state index is 0.691. The van der Waals surface area contributed by atoms with Gasteiger partial charge < -0.3 is 19.4 Å². The number of benzene rings is 2. The van der Waals surface area contributed by atoms with E-state index < -0.39 is 0 Å². The van der Waals surface area contributed by atoms with Gasteiger partial charge in [-0.1, -0.05) is 36.4 Å². The Hall–Kier alpha value is -3.73. The lowest BCUT2D eigenvalue weighted by Gasteiger charge is -2.10. The van der Waals surface area contributed by atoms with Gasteiger partial charge in [-0.25, -0.2) is 4.98 Å². The number of aromatic nitrogens is 3. The summed E-state index contributed by atoms with van der Waals surface area (Å²) in [6.45, 7) is 0. The van der Waals surface area contributed by atoms with Crippen molar-refractivity contribution in [3.05, 3.63) is 72.1 Å². The molecule has 0 atom stereocenters. The van der Waals surface area contributed by atoms with Crippen molar-refractivity contribution >= 4 is 6.08 Å². The lowest BCUT2D eigenvalue weighted by molar-refractivity contribution is 0.355. The van der Waals surface area contributed by atoms with E-state index in [0.717, 1.165) is 53.2 Å². The molecule has 0 spiro atoms. The van der Waals surface area contributed by atoms with E-state index >= 15 is 0 Å². The summed E-state index contributed by atoms with van der Waals surface area (Å²) in [4.78, 5) is 12.1. The zero-order valence-electron chi connectivity index (χ0n) is 17.7. The van der Waals surface area contributed by atoms with Crippen LogP contribution in [0.15, 0.2) is 60.8 Å². The molecule has 0 fully saturated rings. The molecule has 0 aliphatic heterocycles. The lowest BCUT2D eigenvalue weighted by atomic mass is 10.0. The number of nitrogens with one attached hydrogen (secondary N) is 2. The highest BCUT2D eigenvalue weighted by molar-refractivity contribution is 5.83. The Balaban J connectivity index is 1.68. The predicted octanol–water partition coefficient (Wildman–Crippen LogP) is 6.11. The minimum Gasteiger partial charge on any atom is -0.493 e. The number of rotatable bonds is 5. The molecule has 2 aromatic carbocycles. The summed E-state index contributed by atoms with van der Waals surface area (Å²) in [6, 6.07) is 16.2. The molecule has 0 unspecified atom stereocenters. The number of aromatic amines is 2. The molecule has 0 bridgehead atoms. The molecule has 0 saturated carbocycles. The van der Waals surface area contributed by atoms with Crippen molar-refractivity contribution in [1.29, 1.82) is 0 Å². The van der Waals surface area contributed by atoms with Crippen LogP contribution in [0.2, 0.25) is 0 Å². The molecule has 1 aliphatic rings. The first-order valence-electron chi connectivity index (χ1n) is 10.5. The number of nitrogens with zero attached hydrogens (tertiary/aromatic N) is 1. The van der Waals surface area contributed by atoms with Crippen LogP contribution in [-0.4, -0.2) is 29.2 Å². The van der Waals surface area contributed by atoms with Gasteiger partial charge in [-0.2, -0.15) is 0 Å². The van der Waals surface area contributed by atoms with Crippen LogP contribution in [0, 0.1) is 0 Å². The molecule has 2 N–H and O–H groups in total. The Kier molecular flexibility index (Phi) is 5.08. The summed E-state index contributed by atoms with van der Waals surface area (Å²) in [5.74, 6) is 2.27. The maximum atomic E-state index is 5.54. The van der Waals surface area contributed by atoms with Crippen molar-refractivity contribution in [3.63, 3.8) is 0 Å². The van der Waals surface area contributed by atoms with Crippen molar-refractivity contribution in [2.24, 2.45) is 0 Å². The van der Waals surface area contributed by atoms with Crippen LogP contribution < -0.4 is 9.47 Å². The summed E-state index contributed by atoms with van der Waals surface area (Å²) in [6.07, 6.45) is 9.76. The smallest absolute Gasteiger partial charge is 0.161 e. The fourth-order valence-electron chi connectivity index (χ4n) is 4.20. The number of fused-ring (bicyclic) bond motifs is 1. The molecule has 1 aliphatic carbocycles. The topological polar surface area (TPSA) is 62.9 Å². The van der Waals surface area contributed by atoms with Gasteiger partial charge in [-0.15, -0.1) is 0 Å². The average Bonchev–Trinajstić information content (AvgIpc) is 3.36. The Labute approximate surface area is 181 Å². The first-order valence-corrected chi connectivity index (χ1v) is 10.5. The van der Waals surface area contributed by atoms with E-state index in [4.69, 9.17) is 14.5 Å². The maximum Gasteiger partial charge on any atom is 0.161 e. The van der Waals surface area contributed by atoms with Gasteiger partial charge in [0.2, 0.25) is 0 Å². The van der Waals surface area contributed by atoms with Crippen LogP contribution in [0.25, 0.3) is 40.0 Å². The highest BCUT2D eigenvalue weighted by Gasteiger charge is 2.20. The van der Waals surface area contributed by atoms with E-state index in [0.29, 0.717) is 11.5 Å². The molecule has 5 heteroatoms. The van der Waals surface area contributed by atoms with Gasteiger partial charge in [0, 0.05) is 28.6 Å². The second-order valence-corrected chi connectivity index (χ2v) is 7.63. The normalized spacial score (nSPS) is 13.0. The van der Waals surface area contributed by atoms with Gasteiger partial charge in [-0.3, -0.25) is 0 Å². The van der Waals surface area contributed by atoms with Crippen LogP contribution in [0.1, 0.15) is 24.1 Å². The van der Waals surface area contributed by atoms with Crippen molar-refractivity contribution in [1.82, 2.24) is 15.0 Å². The quantitative estimate of drug-likeness (QED) is 0.417. The summed E-state index contributed by atoms with van der Waals surface area (Å²) in [7, 11) is 3.30. The van der Waals surface area contributed by atoms with Crippen LogP contribution in [0.5, 0.6) is 11.5 Å². The number of allylic oxidation sites excluding steroid dienone is 1. The standard InChI is InChI=1S/C26H25N3O2/c1-30-22-14-13-18(15-23(22)31-2)25-24(17-9-5-3-6-10-17)28-26(29-25)20-16-27-21-12-8-4-7-11-19(20)21/h3,5-6,8-10,12-16,27H,4,7,11H2,1-2H3,(H,28,29). The Morgan fingerprint density at radius 2 is 1.77 bits per heavy atom. The Morgan fingerprint density at radius 3 is 2.58 bits per heavy atom. The number of hydrogen-bond acceptors (Lipinski definition) is 3. The summed E-state index contributed by atoms with van der Waals surface area (Å²) in [5.41, 5.74) is 7.57. The third kappa shape index (κ3) is 3.52. The van der Waals surface area contributed by atoms with Gasteiger partial charge in [0.25, 0.3) is 0 Å². The van der Waals surface area contributed by atoms with Crippen LogP contribution >= 0.6 is 0 Å². The number of ether oxygens (including phenoxy) is 2. The van der Waals surface area contributed by atoms with E-state index in [9.17, 15) is 0 Å². The number of methoxy groups -OCH3 is 2. The van der Waals surface area contributed by atoms with Crippen molar-refractivity contribution < 1.29 is 9.47 Å². The third-order valence-corrected chi connectivity index (χ3v) is 5.78. The second kappa shape index (κ2) is 8.19. The zero-order chi connectivity index (χ0) is 21.2. The zero-order valence-corrected chi connectivity index (χ0v) is 17.7. The van der Waals surface area contributed by atoms with Crippen LogP contribution in [-0.2, 0) is 6.42 Å². The molecule has 0 amide bonds. The van der Waals surface area contributed by atoms with Crippen molar-refractivity contribution in [2.45, 2.75) is 19.3 Å². The van der Waals surface area contributed by atoms with E-state index in [1.807, 2.05) is 36.4 Å². The fourth-order valence-corrected chi connectivity index (χ4v) is 4.20. The van der Waals surface area contributed by atoms with Crippen molar-refractivity contribution in [3.8, 4) is 45.4 Å². The number of H-pyrrole nitrogens is 2. The Morgan fingerprint density at radius 1 is 0.935 bits per heavy atom. The number of imidazole rings is 1. The maximum absolute atomic E-state index is 5.54. The molecular weight excluding hydrogens is 386 g/mol. The monoisotopic (exact) mass is 411 g/mol. The fraction of sp³-hybridized carbons (Fsp3) is 0.192. The van der Waals surface area contributed by atoms with Crippen molar-refractivity contribution in [2.75, 3.05) is 14.2 Å². The Bertz CT molecular complexity index is 1240. The SMILES string of the molecule is COc1ccc(-c2[nH]c(-c3c[nH]c4c3CCCC=C4)nc2-c2ccccc2)cc1OC. The van der Waals surface area contributed by atoms with Gasteiger partial charge in [0.05, 0.1) is 25.6 Å². The van der Waals surface area contributed by atoms with Gasteiger partial charge in [0.15, 0.2) is 11.5 Å².